The van der Waals surface area contributed by atoms with Crippen LogP contribution in [-0.2, 0) is 19.1 Å². The standard InChI is InChI=1S/C11H13BrO5/c1-9(2)10(5-12)3-4-11(9,6(13)14)8(16)17-7(10)15/h3-5H2,1-2H3,(H,13,14)/t10-,11+/m1/s1. The maximum atomic E-state index is 11.9. The van der Waals surface area contributed by atoms with Crippen molar-refractivity contribution >= 4 is 33.8 Å². The van der Waals surface area contributed by atoms with E-state index in [1.165, 1.54) is 0 Å². The van der Waals surface area contributed by atoms with Crippen molar-refractivity contribution in [1.29, 1.82) is 0 Å². The van der Waals surface area contributed by atoms with Gasteiger partial charge in [-0.3, -0.25) is 14.4 Å². The summed E-state index contributed by atoms with van der Waals surface area (Å²) >= 11 is 3.26. The molecule has 1 aliphatic carbocycles. The third-order valence-corrected chi connectivity index (χ3v) is 5.67. The molecule has 1 aliphatic heterocycles. The Hall–Kier alpha value is -0.910. The van der Waals surface area contributed by atoms with E-state index in [4.69, 9.17) is 0 Å². The van der Waals surface area contributed by atoms with Crippen LogP contribution in [0.1, 0.15) is 26.7 Å². The average molecular weight is 305 g/mol. The summed E-state index contributed by atoms with van der Waals surface area (Å²) in [4.78, 5) is 35.3. The predicted molar refractivity (Wildman–Crippen MR) is 60.4 cm³/mol. The third kappa shape index (κ3) is 1.07. The quantitative estimate of drug-likeness (QED) is 0.473. The fourth-order valence-corrected chi connectivity index (χ4v) is 4.38. The van der Waals surface area contributed by atoms with Gasteiger partial charge < -0.3 is 9.84 Å². The summed E-state index contributed by atoms with van der Waals surface area (Å²) in [5.74, 6) is -2.74. The van der Waals surface area contributed by atoms with Crippen LogP contribution in [0, 0.1) is 16.2 Å². The number of aliphatic carboxylic acids is 1. The topological polar surface area (TPSA) is 80.7 Å². The van der Waals surface area contributed by atoms with E-state index in [0.29, 0.717) is 11.8 Å². The average Bonchev–Trinajstić information content (AvgIpc) is 2.38. The van der Waals surface area contributed by atoms with Crippen LogP contribution in [0.25, 0.3) is 0 Å². The normalized spacial score (nSPS) is 39.0. The Balaban J connectivity index is 2.69. The molecule has 17 heavy (non-hydrogen) atoms. The highest BCUT2D eigenvalue weighted by atomic mass is 79.9. The van der Waals surface area contributed by atoms with Crippen molar-refractivity contribution in [2.45, 2.75) is 26.7 Å². The van der Waals surface area contributed by atoms with Crippen molar-refractivity contribution in [2.75, 3.05) is 5.33 Å². The number of carboxylic acids is 1. The van der Waals surface area contributed by atoms with Crippen molar-refractivity contribution in [1.82, 2.24) is 0 Å². The van der Waals surface area contributed by atoms with Gasteiger partial charge in [0.05, 0.1) is 5.41 Å². The van der Waals surface area contributed by atoms with E-state index < -0.39 is 34.2 Å². The number of hydrogen-bond donors (Lipinski definition) is 1. The van der Waals surface area contributed by atoms with Gasteiger partial charge in [-0.05, 0) is 12.8 Å². The smallest absolute Gasteiger partial charge is 0.331 e. The molecule has 94 valence electrons. The minimum Gasteiger partial charge on any atom is -0.480 e. The van der Waals surface area contributed by atoms with Crippen molar-refractivity contribution in [2.24, 2.45) is 16.2 Å². The first-order valence-electron chi connectivity index (χ1n) is 5.32. The molecular weight excluding hydrogens is 292 g/mol. The van der Waals surface area contributed by atoms with Gasteiger partial charge in [-0.1, -0.05) is 29.8 Å². The maximum absolute atomic E-state index is 11.9. The van der Waals surface area contributed by atoms with Gasteiger partial charge in [0.25, 0.3) is 0 Å². The lowest BCUT2D eigenvalue weighted by molar-refractivity contribution is -0.200. The number of carbonyl (C=O) groups is 3. The number of alkyl halides is 1. The van der Waals surface area contributed by atoms with Crippen molar-refractivity contribution in [3.63, 3.8) is 0 Å². The van der Waals surface area contributed by atoms with Crippen LogP contribution in [0.4, 0.5) is 0 Å². The largest absolute Gasteiger partial charge is 0.480 e. The van der Waals surface area contributed by atoms with Gasteiger partial charge in [0.15, 0.2) is 5.41 Å². The third-order valence-electron chi connectivity index (χ3n) is 4.71. The highest BCUT2D eigenvalue weighted by Crippen LogP contribution is 2.66. The molecule has 1 N–H and O–H groups in total. The lowest BCUT2D eigenvalue weighted by Gasteiger charge is -2.47. The van der Waals surface area contributed by atoms with E-state index in [1.54, 1.807) is 13.8 Å². The van der Waals surface area contributed by atoms with Gasteiger partial charge in [0.1, 0.15) is 0 Å². The first-order valence-corrected chi connectivity index (χ1v) is 6.44. The Morgan fingerprint density at radius 1 is 1.35 bits per heavy atom. The maximum Gasteiger partial charge on any atom is 0.331 e. The second kappa shape index (κ2) is 3.31. The van der Waals surface area contributed by atoms with Crippen molar-refractivity contribution in [3.8, 4) is 0 Å². The van der Waals surface area contributed by atoms with Crippen molar-refractivity contribution in [3.05, 3.63) is 0 Å². The molecule has 1 heterocycles. The zero-order chi connectivity index (χ0) is 13.1. The first kappa shape index (κ1) is 12.5. The molecule has 0 unspecified atom stereocenters. The summed E-state index contributed by atoms with van der Waals surface area (Å²) in [5.41, 5.74) is -3.49. The highest BCUT2D eigenvalue weighted by molar-refractivity contribution is 9.09. The minimum atomic E-state index is -1.60. The van der Waals surface area contributed by atoms with Crippen LogP contribution >= 0.6 is 15.9 Å². The molecule has 0 spiro atoms. The van der Waals surface area contributed by atoms with E-state index in [-0.39, 0.29) is 6.42 Å². The van der Waals surface area contributed by atoms with Gasteiger partial charge in [0, 0.05) is 10.7 Å². The Morgan fingerprint density at radius 2 is 1.94 bits per heavy atom. The molecule has 0 aromatic heterocycles. The van der Waals surface area contributed by atoms with Gasteiger partial charge in [-0.25, -0.2) is 0 Å². The molecule has 1 saturated heterocycles. The number of rotatable bonds is 2. The number of cyclic esters (lactones) is 2. The minimum absolute atomic E-state index is 0.144. The molecular formula is C11H13BrO5. The molecule has 5 nitrogen and oxygen atoms in total. The van der Waals surface area contributed by atoms with E-state index in [0.717, 1.165) is 0 Å². The predicted octanol–water partition coefficient (Wildman–Crippen LogP) is 1.34. The van der Waals surface area contributed by atoms with E-state index in [9.17, 15) is 19.5 Å². The summed E-state index contributed by atoms with van der Waals surface area (Å²) in [6.45, 7) is 3.32. The van der Waals surface area contributed by atoms with Crippen LogP contribution in [0.3, 0.4) is 0 Å². The first-order chi connectivity index (χ1) is 7.76. The number of fused-ring (bicyclic) bond motifs is 2. The zero-order valence-electron chi connectivity index (χ0n) is 9.58. The second-order valence-corrected chi connectivity index (χ2v) is 5.79. The number of halogens is 1. The Morgan fingerprint density at radius 3 is 2.41 bits per heavy atom. The molecule has 0 radical (unpaired) electrons. The number of ether oxygens (including phenoxy) is 1. The molecule has 2 aliphatic rings. The number of hydrogen-bond acceptors (Lipinski definition) is 4. The van der Waals surface area contributed by atoms with Crippen LogP contribution < -0.4 is 0 Å². The molecule has 0 aromatic rings. The van der Waals surface area contributed by atoms with Crippen LogP contribution in [-0.4, -0.2) is 28.3 Å². The molecule has 2 atom stereocenters. The van der Waals surface area contributed by atoms with Gasteiger partial charge >= 0.3 is 17.9 Å². The van der Waals surface area contributed by atoms with E-state index >= 15 is 0 Å². The van der Waals surface area contributed by atoms with Gasteiger partial charge in [0.2, 0.25) is 0 Å². The molecule has 2 rings (SSSR count). The van der Waals surface area contributed by atoms with Gasteiger partial charge in [-0.15, -0.1) is 0 Å². The molecule has 0 amide bonds. The van der Waals surface area contributed by atoms with Crippen molar-refractivity contribution < 1.29 is 24.2 Å². The molecule has 0 aromatic carbocycles. The summed E-state index contributed by atoms with van der Waals surface area (Å²) in [6.07, 6.45) is 0.494. The number of carboxylic acid groups (broad SMARTS) is 1. The fraction of sp³-hybridized carbons (Fsp3) is 0.727. The Labute approximate surface area is 107 Å². The lowest BCUT2D eigenvalue weighted by atomic mass is 9.57. The summed E-state index contributed by atoms with van der Waals surface area (Å²) in [6, 6.07) is 0. The van der Waals surface area contributed by atoms with Gasteiger partial charge in [-0.2, -0.15) is 0 Å². The molecule has 1 saturated carbocycles. The van der Waals surface area contributed by atoms with Crippen LogP contribution in [0.15, 0.2) is 0 Å². The highest BCUT2D eigenvalue weighted by Gasteiger charge is 2.76. The monoisotopic (exact) mass is 304 g/mol. The molecule has 2 bridgehead atoms. The van der Waals surface area contributed by atoms with E-state index in [1.807, 2.05) is 0 Å². The second-order valence-electron chi connectivity index (χ2n) is 5.23. The van der Waals surface area contributed by atoms with E-state index in [2.05, 4.69) is 20.7 Å². The lowest BCUT2D eigenvalue weighted by Crippen LogP contribution is -2.61. The SMILES string of the molecule is CC1(C)[C@@]2(CBr)CC[C@]1(C(=O)O)C(=O)OC2=O. The summed E-state index contributed by atoms with van der Waals surface area (Å²) in [5, 5.41) is 9.69. The molecule has 6 heteroatoms. The van der Waals surface area contributed by atoms with Crippen LogP contribution in [0.5, 0.6) is 0 Å². The Bertz CT molecular complexity index is 430. The summed E-state index contributed by atoms with van der Waals surface area (Å²) in [7, 11) is 0. The Kier molecular flexibility index (Phi) is 2.44. The zero-order valence-corrected chi connectivity index (χ0v) is 11.2. The number of esters is 2. The number of carbonyl (C=O) groups excluding carboxylic acids is 2. The van der Waals surface area contributed by atoms with Crippen LogP contribution in [0.2, 0.25) is 0 Å². The fourth-order valence-electron chi connectivity index (χ4n) is 3.17. The molecule has 2 fully saturated rings. The summed E-state index contributed by atoms with van der Waals surface area (Å²) < 4.78 is 4.68.